The lowest BCUT2D eigenvalue weighted by Gasteiger charge is -2.40. The fraction of sp³-hybridized carbons (Fsp3) is 0.714. The van der Waals surface area contributed by atoms with Gasteiger partial charge in [-0.15, -0.1) is 0 Å². The molecular weight excluding hydrogens is 254 g/mol. The number of likely N-dealkylation sites (tertiary alicyclic amines) is 1. The van der Waals surface area contributed by atoms with Crippen LogP contribution in [-0.2, 0) is 0 Å². The molecular formula is C14H25N5O. The molecule has 6 heteroatoms. The fourth-order valence-electron chi connectivity index (χ4n) is 2.56. The van der Waals surface area contributed by atoms with Gasteiger partial charge in [-0.3, -0.25) is 14.8 Å². The van der Waals surface area contributed by atoms with Gasteiger partial charge in [0.15, 0.2) is 5.69 Å². The maximum Gasteiger partial charge on any atom is 0.274 e. The lowest BCUT2D eigenvalue weighted by atomic mass is 9.98. The number of nitrogens with one attached hydrogen (secondary N) is 2. The van der Waals surface area contributed by atoms with E-state index in [1.165, 1.54) is 0 Å². The third-order valence-electron chi connectivity index (χ3n) is 3.99. The summed E-state index contributed by atoms with van der Waals surface area (Å²) in [5.74, 6) is -0.180. The summed E-state index contributed by atoms with van der Waals surface area (Å²) in [5, 5.41) is 9.73. The molecule has 1 saturated heterocycles. The lowest BCUT2D eigenvalue weighted by molar-refractivity contribution is 0.0810. The van der Waals surface area contributed by atoms with Crippen molar-refractivity contribution < 1.29 is 4.79 Å². The molecule has 0 saturated carbocycles. The largest absolute Gasteiger partial charge is 0.395 e. The summed E-state index contributed by atoms with van der Waals surface area (Å²) >= 11 is 0. The zero-order valence-electron chi connectivity index (χ0n) is 12.8. The number of aromatic nitrogens is 2. The Morgan fingerprint density at radius 3 is 2.45 bits per heavy atom. The highest BCUT2D eigenvalue weighted by Crippen LogP contribution is 2.20. The Bertz CT molecular complexity index is 480. The number of hydrogen-bond acceptors (Lipinski definition) is 4. The van der Waals surface area contributed by atoms with Crippen molar-refractivity contribution >= 4 is 11.6 Å². The number of anilines is 1. The molecule has 0 unspecified atom stereocenters. The molecule has 1 amide bonds. The summed E-state index contributed by atoms with van der Waals surface area (Å²) in [6.07, 6.45) is 1.93. The van der Waals surface area contributed by atoms with Gasteiger partial charge in [-0.2, -0.15) is 5.10 Å². The molecule has 112 valence electrons. The first kappa shape index (κ1) is 14.8. The van der Waals surface area contributed by atoms with Crippen LogP contribution in [0.2, 0.25) is 0 Å². The van der Waals surface area contributed by atoms with Crippen LogP contribution >= 0.6 is 0 Å². The minimum absolute atomic E-state index is 0.180. The van der Waals surface area contributed by atoms with Crippen molar-refractivity contribution in [2.24, 2.45) is 0 Å². The predicted molar refractivity (Wildman–Crippen MR) is 79.6 cm³/mol. The van der Waals surface area contributed by atoms with Gasteiger partial charge in [0.25, 0.3) is 5.91 Å². The van der Waals surface area contributed by atoms with Crippen LogP contribution in [0.3, 0.4) is 0 Å². The Kier molecular flexibility index (Phi) is 4.04. The second kappa shape index (κ2) is 5.44. The Labute approximate surface area is 120 Å². The van der Waals surface area contributed by atoms with E-state index < -0.39 is 0 Å². The number of aryl methyl sites for hydroxylation is 1. The van der Waals surface area contributed by atoms with E-state index in [9.17, 15) is 4.79 Å². The second-order valence-electron chi connectivity index (χ2n) is 6.52. The maximum atomic E-state index is 12.1. The van der Waals surface area contributed by atoms with Crippen molar-refractivity contribution in [3.63, 3.8) is 0 Å². The summed E-state index contributed by atoms with van der Waals surface area (Å²) in [6.45, 7) is 10.5. The molecule has 1 aromatic rings. The van der Waals surface area contributed by atoms with E-state index in [1.54, 1.807) is 6.92 Å². The van der Waals surface area contributed by atoms with Crippen molar-refractivity contribution in [1.82, 2.24) is 20.4 Å². The van der Waals surface area contributed by atoms with Crippen LogP contribution in [-0.4, -0.2) is 45.7 Å². The number of nitrogens with zero attached hydrogens (tertiary/aromatic N) is 2. The number of carbonyl (C=O) groups excluding carboxylic acids is 1. The molecule has 4 N–H and O–H groups in total. The van der Waals surface area contributed by atoms with Gasteiger partial charge in [-0.1, -0.05) is 0 Å². The van der Waals surface area contributed by atoms with Crippen LogP contribution in [0, 0.1) is 6.92 Å². The second-order valence-corrected chi connectivity index (χ2v) is 6.52. The first-order chi connectivity index (χ1) is 9.29. The van der Waals surface area contributed by atoms with E-state index in [0.29, 0.717) is 11.4 Å². The number of carbonyl (C=O) groups is 1. The molecule has 6 nitrogen and oxygen atoms in total. The Morgan fingerprint density at radius 2 is 2.00 bits per heavy atom. The van der Waals surface area contributed by atoms with Gasteiger partial charge in [0.05, 0.1) is 11.4 Å². The predicted octanol–water partition coefficient (Wildman–Crippen LogP) is 1.29. The van der Waals surface area contributed by atoms with Gasteiger partial charge in [-0.05, 0) is 40.5 Å². The zero-order valence-corrected chi connectivity index (χ0v) is 12.8. The molecule has 1 aliphatic heterocycles. The SMILES string of the molecule is Cc1[nH]nc(C(=O)NC2CCN(C(C)(C)C)CC2)c1N. The summed E-state index contributed by atoms with van der Waals surface area (Å²) in [7, 11) is 0. The van der Waals surface area contributed by atoms with E-state index in [1.807, 2.05) is 0 Å². The van der Waals surface area contributed by atoms with Crippen LogP contribution in [0.1, 0.15) is 49.8 Å². The van der Waals surface area contributed by atoms with Gasteiger partial charge in [0.1, 0.15) is 0 Å². The highest BCUT2D eigenvalue weighted by Gasteiger charge is 2.28. The highest BCUT2D eigenvalue weighted by atomic mass is 16.2. The first-order valence-electron chi connectivity index (χ1n) is 7.15. The van der Waals surface area contributed by atoms with Crippen LogP contribution in [0.25, 0.3) is 0 Å². The van der Waals surface area contributed by atoms with E-state index in [2.05, 4.69) is 41.2 Å². The molecule has 0 spiro atoms. The smallest absolute Gasteiger partial charge is 0.274 e. The average molecular weight is 279 g/mol. The van der Waals surface area contributed by atoms with Gasteiger partial charge in [-0.25, -0.2) is 0 Å². The Hall–Kier alpha value is -1.56. The third-order valence-corrected chi connectivity index (χ3v) is 3.99. The van der Waals surface area contributed by atoms with E-state index in [4.69, 9.17) is 5.73 Å². The van der Waals surface area contributed by atoms with Crippen LogP contribution < -0.4 is 11.1 Å². The molecule has 0 aliphatic carbocycles. The number of nitrogens with two attached hydrogens (primary N) is 1. The minimum Gasteiger partial charge on any atom is -0.395 e. The van der Waals surface area contributed by atoms with Gasteiger partial charge < -0.3 is 11.1 Å². The molecule has 20 heavy (non-hydrogen) atoms. The van der Waals surface area contributed by atoms with Crippen molar-refractivity contribution in [1.29, 1.82) is 0 Å². The Balaban J connectivity index is 1.90. The number of rotatable bonds is 2. The molecule has 0 bridgehead atoms. The van der Waals surface area contributed by atoms with Gasteiger partial charge in [0, 0.05) is 24.7 Å². The monoisotopic (exact) mass is 279 g/mol. The molecule has 2 heterocycles. The van der Waals surface area contributed by atoms with Crippen LogP contribution in [0.5, 0.6) is 0 Å². The summed E-state index contributed by atoms with van der Waals surface area (Å²) in [6, 6.07) is 0.206. The number of hydrogen-bond donors (Lipinski definition) is 3. The highest BCUT2D eigenvalue weighted by molar-refractivity contribution is 5.97. The molecule has 1 aliphatic rings. The molecule has 1 aromatic heterocycles. The maximum absolute atomic E-state index is 12.1. The van der Waals surface area contributed by atoms with Crippen LogP contribution in [0.4, 0.5) is 5.69 Å². The van der Waals surface area contributed by atoms with E-state index in [-0.39, 0.29) is 17.5 Å². The number of aromatic amines is 1. The summed E-state index contributed by atoms with van der Waals surface area (Å²) in [5.41, 5.74) is 7.50. The summed E-state index contributed by atoms with van der Waals surface area (Å²) in [4.78, 5) is 14.6. The third kappa shape index (κ3) is 3.12. The standard InChI is InChI=1S/C14H25N5O/c1-9-11(15)12(18-17-9)13(20)16-10-5-7-19(8-6-10)14(2,3)4/h10H,5-8,15H2,1-4H3,(H,16,20)(H,17,18). The first-order valence-corrected chi connectivity index (χ1v) is 7.15. The van der Waals surface area contributed by atoms with E-state index in [0.717, 1.165) is 31.6 Å². The average Bonchev–Trinajstić information content (AvgIpc) is 2.69. The summed E-state index contributed by atoms with van der Waals surface area (Å²) < 4.78 is 0. The van der Waals surface area contributed by atoms with Gasteiger partial charge in [0.2, 0.25) is 0 Å². The van der Waals surface area contributed by atoms with E-state index >= 15 is 0 Å². The molecule has 2 rings (SSSR count). The van der Waals surface area contributed by atoms with Crippen molar-refractivity contribution in [3.05, 3.63) is 11.4 Å². The zero-order chi connectivity index (χ0) is 14.9. The molecule has 0 radical (unpaired) electrons. The number of piperidine rings is 1. The quantitative estimate of drug-likeness (QED) is 0.761. The molecule has 1 fully saturated rings. The Morgan fingerprint density at radius 1 is 1.40 bits per heavy atom. The van der Waals surface area contributed by atoms with Crippen LogP contribution in [0.15, 0.2) is 0 Å². The molecule has 0 atom stereocenters. The molecule has 0 aromatic carbocycles. The normalized spacial score (nSPS) is 18.2. The van der Waals surface area contributed by atoms with Crippen molar-refractivity contribution in [2.75, 3.05) is 18.8 Å². The number of nitrogen functional groups attached to an aromatic ring is 1. The van der Waals surface area contributed by atoms with Crippen molar-refractivity contribution in [2.45, 2.75) is 52.1 Å². The topological polar surface area (TPSA) is 87.0 Å². The minimum atomic E-state index is -0.180. The lowest BCUT2D eigenvalue weighted by Crippen LogP contribution is -2.50. The van der Waals surface area contributed by atoms with Gasteiger partial charge >= 0.3 is 0 Å². The fourth-order valence-corrected chi connectivity index (χ4v) is 2.56. The number of H-pyrrole nitrogens is 1. The van der Waals surface area contributed by atoms with Crippen molar-refractivity contribution in [3.8, 4) is 0 Å². The number of amides is 1.